The first-order chi connectivity index (χ1) is 7.74. The zero-order chi connectivity index (χ0) is 13.1. The lowest BCUT2D eigenvalue weighted by Crippen LogP contribution is -2.17. The molecule has 0 atom stereocenters. The van der Waals surface area contributed by atoms with Crippen molar-refractivity contribution in [2.75, 3.05) is 5.75 Å². The van der Waals surface area contributed by atoms with Crippen LogP contribution >= 0.6 is 0 Å². The van der Waals surface area contributed by atoms with Crippen LogP contribution in [0.5, 0.6) is 5.75 Å². The van der Waals surface area contributed by atoms with Gasteiger partial charge in [0.15, 0.2) is 9.84 Å². The van der Waals surface area contributed by atoms with E-state index in [0.29, 0.717) is 0 Å². The SMILES string of the molecule is N#CCS(=O)(=O)c1ccc(OC(F)(F)F)cc1. The summed E-state index contributed by atoms with van der Waals surface area (Å²) >= 11 is 0. The normalized spacial score (nSPS) is 11.9. The Morgan fingerprint density at radius 2 is 1.76 bits per heavy atom. The van der Waals surface area contributed by atoms with Crippen molar-refractivity contribution in [1.29, 1.82) is 5.26 Å². The summed E-state index contributed by atoms with van der Waals surface area (Å²) in [5.74, 6) is -1.25. The number of sulfone groups is 1. The van der Waals surface area contributed by atoms with E-state index in [4.69, 9.17) is 5.26 Å². The predicted octanol–water partition coefficient (Wildman–Crippen LogP) is 1.88. The van der Waals surface area contributed by atoms with Crippen LogP contribution in [0.3, 0.4) is 0 Å². The zero-order valence-electron chi connectivity index (χ0n) is 8.23. The second-order valence-corrected chi connectivity index (χ2v) is 4.93. The Kier molecular flexibility index (Phi) is 3.63. The van der Waals surface area contributed by atoms with Gasteiger partial charge in [-0.1, -0.05) is 0 Å². The smallest absolute Gasteiger partial charge is 0.406 e. The highest BCUT2D eigenvalue weighted by atomic mass is 32.2. The van der Waals surface area contributed by atoms with Gasteiger partial charge in [0.25, 0.3) is 0 Å². The molecule has 0 aromatic heterocycles. The Hall–Kier alpha value is -1.75. The van der Waals surface area contributed by atoms with E-state index in [1.165, 1.54) is 6.07 Å². The number of nitrogens with zero attached hydrogens (tertiary/aromatic N) is 1. The lowest BCUT2D eigenvalue weighted by Gasteiger charge is -2.08. The van der Waals surface area contributed by atoms with Crippen LogP contribution in [0.4, 0.5) is 13.2 Å². The second-order valence-electron chi connectivity index (χ2n) is 2.94. The lowest BCUT2D eigenvalue weighted by molar-refractivity contribution is -0.274. The van der Waals surface area contributed by atoms with Crippen molar-refractivity contribution >= 4 is 9.84 Å². The van der Waals surface area contributed by atoms with Gasteiger partial charge in [-0.25, -0.2) is 8.42 Å². The van der Waals surface area contributed by atoms with E-state index in [1.54, 1.807) is 0 Å². The van der Waals surface area contributed by atoms with Gasteiger partial charge in [0, 0.05) is 0 Å². The Labute approximate surface area is 95.2 Å². The molecule has 0 heterocycles. The minimum atomic E-state index is -4.83. The van der Waals surface area contributed by atoms with E-state index in [-0.39, 0.29) is 4.90 Å². The largest absolute Gasteiger partial charge is 0.573 e. The molecular weight excluding hydrogens is 259 g/mol. The van der Waals surface area contributed by atoms with E-state index in [2.05, 4.69) is 4.74 Å². The van der Waals surface area contributed by atoms with Crippen LogP contribution in [0, 0.1) is 11.3 Å². The monoisotopic (exact) mass is 265 g/mol. The number of rotatable bonds is 3. The fourth-order valence-electron chi connectivity index (χ4n) is 1.02. The molecule has 0 fully saturated rings. The van der Waals surface area contributed by atoms with E-state index in [9.17, 15) is 21.6 Å². The quantitative estimate of drug-likeness (QED) is 0.836. The molecule has 0 aliphatic carbocycles. The number of ether oxygens (including phenoxy) is 1. The Balaban J connectivity index is 2.94. The molecule has 0 unspecified atom stereocenters. The summed E-state index contributed by atoms with van der Waals surface area (Å²) in [5.41, 5.74) is 0. The number of hydrogen-bond donors (Lipinski definition) is 0. The molecule has 17 heavy (non-hydrogen) atoms. The highest BCUT2D eigenvalue weighted by Gasteiger charge is 2.31. The average Bonchev–Trinajstić information content (AvgIpc) is 2.15. The van der Waals surface area contributed by atoms with E-state index in [1.807, 2.05) is 0 Å². The van der Waals surface area contributed by atoms with Crippen molar-refractivity contribution in [3.63, 3.8) is 0 Å². The Bertz CT molecular complexity index is 528. The van der Waals surface area contributed by atoms with Gasteiger partial charge in [0.05, 0.1) is 11.0 Å². The number of alkyl halides is 3. The van der Waals surface area contributed by atoms with Gasteiger partial charge in [-0.05, 0) is 24.3 Å². The van der Waals surface area contributed by atoms with E-state index in [0.717, 1.165) is 24.3 Å². The fraction of sp³-hybridized carbons (Fsp3) is 0.222. The maximum Gasteiger partial charge on any atom is 0.573 e. The van der Waals surface area contributed by atoms with Crippen molar-refractivity contribution in [3.05, 3.63) is 24.3 Å². The van der Waals surface area contributed by atoms with Gasteiger partial charge in [0.2, 0.25) is 0 Å². The Morgan fingerprint density at radius 3 is 2.18 bits per heavy atom. The predicted molar refractivity (Wildman–Crippen MR) is 50.8 cm³/mol. The van der Waals surface area contributed by atoms with Crippen LogP contribution in [-0.4, -0.2) is 20.5 Å². The van der Waals surface area contributed by atoms with Crippen LogP contribution in [-0.2, 0) is 9.84 Å². The third-order valence-electron chi connectivity index (χ3n) is 1.67. The van der Waals surface area contributed by atoms with Crippen LogP contribution < -0.4 is 4.74 Å². The number of halogens is 3. The van der Waals surface area contributed by atoms with Gasteiger partial charge in [-0.2, -0.15) is 5.26 Å². The number of hydrogen-bond acceptors (Lipinski definition) is 4. The summed E-state index contributed by atoms with van der Waals surface area (Å²) in [4.78, 5) is -0.228. The van der Waals surface area contributed by atoms with Gasteiger partial charge in [0.1, 0.15) is 11.5 Å². The topological polar surface area (TPSA) is 67.2 Å². The molecule has 8 heteroatoms. The second kappa shape index (κ2) is 4.63. The third-order valence-corrected chi connectivity index (χ3v) is 3.17. The molecule has 0 aliphatic heterocycles. The van der Waals surface area contributed by atoms with Gasteiger partial charge >= 0.3 is 6.36 Å². The molecular formula is C9H6F3NO3S. The van der Waals surface area contributed by atoms with Crippen molar-refractivity contribution in [2.24, 2.45) is 0 Å². The zero-order valence-corrected chi connectivity index (χ0v) is 9.05. The molecule has 4 nitrogen and oxygen atoms in total. The molecule has 0 aliphatic rings. The summed E-state index contributed by atoms with van der Waals surface area (Å²) in [6.07, 6.45) is -4.83. The third kappa shape index (κ3) is 3.96. The Morgan fingerprint density at radius 1 is 1.24 bits per heavy atom. The molecule has 0 N–H and O–H groups in total. The molecule has 0 saturated heterocycles. The summed E-state index contributed by atoms with van der Waals surface area (Å²) in [6.45, 7) is 0. The molecule has 0 amide bonds. The van der Waals surface area contributed by atoms with Crippen molar-refractivity contribution in [1.82, 2.24) is 0 Å². The summed E-state index contributed by atoms with van der Waals surface area (Å²) in [5, 5.41) is 8.27. The van der Waals surface area contributed by atoms with Crippen molar-refractivity contribution < 1.29 is 26.3 Å². The summed E-state index contributed by atoms with van der Waals surface area (Å²) < 4.78 is 61.7. The molecule has 1 rings (SSSR count). The van der Waals surface area contributed by atoms with Crippen LogP contribution in [0.15, 0.2) is 29.2 Å². The molecule has 0 bridgehead atoms. The lowest BCUT2D eigenvalue weighted by atomic mass is 10.3. The average molecular weight is 265 g/mol. The molecule has 0 saturated carbocycles. The van der Waals surface area contributed by atoms with Gasteiger partial charge in [-0.15, -0.1) is 13.2 Å². The van der Waals surface area contributed by atoms with Crippen molar-refractivity contribution in [3.8, 4) is 11.8 Å². The highest BCUT2D eigenvalue weighted by Crippen LogP contribution is 2.24. The first-order valence-corrected chi connectivity index (χ1v) is 5.85. The molecule has 0 radical (unpaired) electrons. The maximum absolute atomic E-state index is 11.8. The molecule has 1 aromatic carbocycles. The van der Waals surface area contributed by atoms with E-state index < -0.39 is 27.7 Å². The van der Waals surface area contributed by atoms with Crippen LogP contribution in [0.25, 0.3) is 0 Å². The molecule has 0 spiro atoms. The van der Waals surface area contributed by atoms with Gasteiger partial charge < -0.3 is 4.74 Å². The summed E-state index contributed by atoms with van der Waals surface area (Å²) in [7, 11) is -3.77. The minimum Gasteiger partial charge on any atom is -0.406 e. The highest BCUT2D eigenvalue weighted by molar-refractivity contribution is 7.91. The maximum atomic E-state index is 11.8. The van der Waals surface area contributed by atoms with Crippen LogP contribution in [0.1, 0.15) is 0 Å². The van der Waals surface area contributed by atoms with Crippen LogP contribution in [0.2, 0.25) is 0 Å². The summed E-state index contributed by atoms with van der Waals surface area (Å²) in [6, 6.07) is 5.11. The number of benzene rings is 1. The molecule has 1 aromatic rings. The van der Waals surface area contributed by atoms with E-state index >= 15 is 0 Å². The first kappa shape index (κ1) is 13.3. The first-order valence-electron chi connectivity index (χ1n) is 4.20. The minimum absolute atomic E-state index is 0.228. The molecule has 92 valence electrons. The number of nitriles is 1. The van der Waals surface area contributed by atoms with Crippen molar-refractivity contribution in [2.45, 2.75) is 11.3 Å². The van der Waals surface area contributed by atoms with Gasteiger partial charge in [-0.3, -0.25) is 0 Å². The standard InChI is InChI=1S/C9H6F3NO3S/c10-9(11,12)16-7-1-3-8(4-2-7)17(14,15)6-5-13/h1-4H,6H2. The fourth-order valence-corrected chi connectivity index (χ4v) is 1.90.